The summed E-state index contributed by atoms with van der Waals surface area (Å²) in [6.45, 7) is 9.82. The van der Waals surface area contributed by atoms with Gasteiger partial charge in [0.05, 0.1) is 0 Å². The summed E-state index contributed by atoms with van der Waals surface area (Å²) in [6.07, 6.45) is 1.28. The van der Waals surface area contributed by atoms with E-state index >= 15 is 0 Å². The van der Waals surface area contributed by atoms with Gasteiger partial charge in [-0.15, -0.1) is 0 Å². The molecule has 0 radical (unpaired) electrons. The molecule has 0 aliphatic heterocycles. The molecular formula is C9H21NS. The molecule has 0 fully saturated rings. The van der Waals surface area contributed by atoms with Crippen LogP contribution in [0.2, 0.25) is 0 Å². The van der Waals surface area contributed by atoms with Crippen LogP contribution < -0.4 is 5.73 Å². The van der Waals surface area contributed by atoms with Crippen molar-refractivity contribution in [1.29, 1.82) is 0 Å². The van der Waals surface area contributed by atoms with Gasteiger partial charge in [-0.25, -0.2) is 0 Å². The lowest BCUT2D eigenvalue weighted by Gasteiger charge is -2.18. The maximum atomic E-state index is 5.50. The van der Waals surface area contributed by atoms with Crippen LogP contribution in [0.1, 0.15) is 34.1 Å². The molecule has 0 aromatic carbocycles. The van der Waals surface area contributed by atoms with Gasteiger partial charge < -0.3 is 5.73 Å². The number of hydrogen-bond acceptors (Lipinski definition) is 2. The second-order valence-electron chi connectivity index (χ2n) is 4.23. The Morgan fingerprint density at radius 3 is 2.27 bits per heavy atom. The van der Waals surface area contributed by atoms with Crippen molar-refractivity contribution in [1.82, 2.24) is 0 Å². The van der Waals surface area contributed by atoms with Gasteiger partial charge in [-0.3, -0.25) is 0 Å². The molecule has 2 N–H and O–H groups in total. The van der Waals surface area contributed by atoms with Crippen molar-refractivity contribution >= 4 is 11.8 Å². The molecule has 2 heteroatoms. The third-order valence-corrected chi connectivity index (χ3v) is 2.79. The van der Waals surface area contributed by atoms with Crippen molar-refractivity contribution in [2.45, 2.75) is 39.4 Å². The molecule has 0 saturated carbocycles. The van der Waals surface area contributed by atoms with E-state index in [0.717, 1.165) is 6.54 Å². The minimum absolute atomic E-state index is 0.474. The Balaban J connectivity index is 3.28. The van der Waals surface area contributed by atoms with E-state index in [9.17, 15) is 0 Å². The van der Waals surface area contributed by atoms with Crippen molar-refractivity contribution in [3.05, 3.63) is 0 Å². The Labute approximate surface area is 75.1 Å². The van der Waals surface area contributed by atoms with Crippen LogP contribution in [0.25, 0.3) is 0 Å². The lowest BCUT2D eigenvalue weighted by Crippen LogP contribution is -2.14. The zero-order valence-corrected chi connectivity index (χ0v) is 9.00. The molecule has 1 nitrogen and oxygen atoms in total. The first-order valence-corrected chi connectivity index (χ1v) is 5.32. The summed E-state index contributed by atoms with van der Waals surface area (Å²) in [4.78, 5) is 0. The highest BCUT2D eigenvalue weighted by molar-refractivity contribution is 7.99. The SMILES string of the molecule is CC(CN)SCCC(C)(C)C. The van der Waals surface area contributed by atoms with Crippen molar-refractivity contribution in [2.75, 3.05) is 12.3 Å². The topological polar surface area (TPSA) is 26.0 Å². The summed E-state index contributed by atoms with van der Waals surface area (Å²) in [5.74, 6) is 1.24. The molecule has 0 rings (SSSR count). The first-order valence-electron chi connectivity index (χ1n) is 4.27. The molecule has 0 aliphatic rings. The highest BCUT2D eigenvalue weighted by Crippen LogP contribution is 2.22. The van der Waals surface area contributed by atoms with Gasteiger partial charge in [-0.2, -0.15) is 11.8 Å². The van der Waals surface area contributed by atoms with Gasteiger partial charge in [0, 0.05) is 11.8 Å². The van der Waals surface area contributed by atoms with Gasteiger partial charge in [-0.05, 0) is 17.6 Å². The molecule has 0 aromatic heterocycles. The quantitative estimate of drug-likeness (QED) is 0.710. The summed E-state index contributed by atoms with van der Waals surface area (Å²) in [5.41, 5.74) is 5.97. The normalized spacial score (nSPS) is 15.0. The van der Waals surface area contributed by atoms with E-state index in [1.54, 1.807) is 0 Å². The fourth-order valence-electron chi connectivity index (χ4n) is 0.634. The molecule has 68 valence electrons. The number of rotatable bonds is 4. The van der Waals surface area contributed by atoms with Gasteiger partial charge >= 0.3 is 0 Å². The molecule has 0 spiro atoms. The largest absolute Gasteiger partial charge is 0.329 e. The van der Waals surface area contributed by atoms with Crippen LogP contribution in [0.5, 0.6) is 0 Å². The predicted molar refractivity (Wildman–Crippen MR) is 55.0 cm³/mol. The average molecular weight is 175 g/mol. The van der Waals surface area contributed by atoms with E-state index in [1.165, 1.54) is 12.2 Å². The lowest BCUT2D eigenvalue weighted by atomic mass is 9.94. The second-order valence-corrected chi connectivity index (χ2v) is 5.77. The molecule has 0 amide bonds. The standard InChI is InChI=1S/C9H21NS/c1-8(7-10)11-6-5-9(2,3)4/h8H,5-7,10H2,1-4H3. The zero-order valence-electron chi connectivity index (χ0n) is 8.18. The summed E-state index contributed by atoms with van der Waals surface area (Å²) < 4.78 is 0. The Morgan fingerprint density at radius 2 is 1.91 bits per heavy atom. The molecule has 1 atom stereocenters. The average Bonchev–Trinajstić information content (AvgIpc) is 1.85. The van der Waals surface area contributed by atoms with E-state index in [2.05, 4.69) is 27.7 Å². The van der Waals surface area contributed by atoms with Gasteiger partial charge in [0.15, 0.2) is 0 Å². The zero-order chi connectivity index (χ0) is 8.91. The van der Waals surface area contributed by atoms with Gasteiger partial charge in [0.1, 0.15) is 0 Å². The maximum absolute atomic E-state index is 5.50. The minimum atomic E-state index is 0.474. The molecule has 1 unspecified atom stereocenters. The van der Waals surface area contributed by atoms with Crippen LogP contribution >= 0.6 is 11.8 Å². The highest BCUT2D eigenvalue weighted by Gasteiger charge is 2.10. The fourth-order valence-corrected chi connectivity index (χ4v) is 1.90. The Morgan fingerprint density at radius 1 is 1.36 bits per heavy atom. The van der Waals surface area contributed by atoms with Crippen LogP contribution in [0, 0.1) is 5.41 Å². The third kappa shape index (κ3) is 8.21. The monoisotopic (exact) mass is 175 g/mol. The van der Waals surface area contributed by atoms with Gasteiger partial charge in [-0.1, -0.05) is 27.7 Å². The van der Waals surface area contributed by atoms with Crippen LogP contribution in [-0.2, 0) is 0 Å². The fraction of sp³-hybridized carbons (Fsp3) is 1.00. The van der Waals surface area contributed by atoms with Crippen molar-refractivity contribution in [3.63, 3.8) is 0 Å². The number of thioether (sulfide) groups is 1. The van der Waals surface area contributed by atoms with Gasteiger partial charge in [0.2, 0.25) is 0 Å². The Kier molecular flexibility index (Phi) is 5.19. The summed E-state index contributed by atoms with van der Waals surface area (Å²) in [6, 6.07) is 0. The van der Waals surface area contributed by atoms with Crippen LogP contribution in [-0.4, -0.2) is 17.5 Å². The Bertz CT molecular complexity index is 96.2. The van der Waals surface area contributed by atoms with Crippen LogP contribution in [0.4, 0.5) is 0 Å². The van der Waals surface area contributed by atoms with E-state index in [0.29, 0.717) is 10.7 Å². The molecule has 0 aliphatic carbocycles. The third-order valence-electron chi connectivity index (χ3n) is 1.59. The summed E-state index contributed by atoms with van der Waals surface area (Å²) >= 11 is 1.98. The van der Waals surface area contributed by atoms with E-state index in [-0.39, 0.29) is 0 Å². The molecule has 0 aromatic rings. The molecule has 0 saturated heterocycles. The van der Waals surface area contributed by atoms with Gasteiger partial charge in [0.25, 0.3) is 0 Å². The van der Waals surface area contributed by atoms with Crippen LogP contribution in [0.3, 0.4) is 0 Å². The highest BCUT2D eigenvalue weighted by atomic mass is 32.2. The van der Waals surface area contributed by atoms with E-state index in [1.807, 2.05) is 11.8 Å². The number of nitrogens with two attached hydrogens (primary N) is 1. The number of hydrogen-bond donors (Lipinski definition) is 1. The maximum Gasteiger partial charge on any atom is 0.0141 e. The molecule has 0 bridgehead atoms. The lowest BCUT2D eigenvalue weighted by molar-refractivity contribution is 0.401. The molecular weight excluding hydrogens is 154 g/mol. The van der Waals surface area contributed by atoms with Crippen molar-refractivity contribution < 1.29 is 0 Å². The summed E-state index contributed by atoms with van der Waals surface area (Å²) in [7, 11) is 0. The molecule has 0 heterocycles. The first-order chi connectivity index (χ1) is 4.95. The predicted octanol–water partition coefficient (Wildman–Crippen LogP) is 2.50. The summed E-state index contributed by atoms with van der Waals surface area (Å²) in [5, 5.41) is 0.623. The van der Waals surface area contributed by atoms with Crippen LogP contribution in [0.15, 0.2) is 0 Å². The second kappa shape index (κ2) is 5.04. The van der Waals surface area contributed by atoms with E-state index in [4.69, 9.17) is 5.73 Å². The van der Waals surface area contributed by atoms with E-state index < -0.39 is 0 Å². The van der Waals surface area contributed by atoms with Crippen molar-refractivity contribution in [3.8, 4) is 0 Å². The first kappa shape index (κ1) is 11.3. The molecule has 11 heavy (non-hydrogen) atoms. The minimum Gasteiger partial charge on any atom is -0.329 e. The Hall–Kier alpha value is 0.310. The van der Waals surface area contributed by atoms with Crippen molar-refractivity contribution in [2.24, 2.45) is 11.1 Å². The smallest absolute Gasteiger partial charge is 0.0141 e.